The molecule has 17 heavy (non-hydrogen) atoms. The third kappa shape index (κ3) is 2.82. The van der Waals surface area contributed by atoms with Gasteiger partial charge in [-0.25, -0.2) is 9.97 Å². The normalized spacial score (nSPS) is 10.1. The van der Waals surface area contributed by atoms with E-state index >= 15 is 0 Å². The van der Waals surface area contributed by atoms with Gasteiger partial charge in [-0.05, 0) is 6.42 Å². The van der Waals surface area contributed by atoms with Crippen LogP contribution in [0.3, 0.4) is 0 Å². The van der Waals surface area contributed by atoms with Crippen LogP contribution in [0.25, 0.3) is 0 Å². The number of imidazole rings is 1. The molecule has 0 spiro atoms. The lowest BCUT2D eigenvalue weighted by molar-refractivity contribution is 0.792. The summed E-state index contributed by atoms with van der Waals surface area (Å²) in [7, 11) is 0. The number of aromatic nitrogens is 3. The average molecular weight is 247 g/mol. The van der Waals surface area contributed by atoms with Crippen molar-refractivity contribution < 1.29 is 0 Å². The van der Waals surface area contributed by atoms with Crippen molar-refractivity contribution in [3.63, 3.8) is 0 Å². The minimum absolute atomic E-state index is 0.432. The van der Waals surface area contributed by atoms with E-state index < -0.39 is 0 Å². The molecule has 0 bridgehead atoms. The van der Waals surface area contributed by atoms with Crippen LogP contribution < -0.4 is 5.32 Å². The van der Waals surface area contributed by atoms with Crippen molar-refractivity contribution in [1.82, 2.24) is 14.5 Å². The fraction of sp³-hybridized carbons (Fsp3) is 0.364. The zero-order valence-electron chi connectivity index (χ0n) is 9.55. The minimum Gasteiger partial charge on any atom is -0.362 e. The summed E-state index contributed by atoms with van der Waals surface area (Å²) in [6.45, 7) is 3.70. The first-order chi connectivity index (χ1) is 8.33. The Hall–Kier alpha value is -1.87. The van der Waals surface area contributed by atoms with Crippen molar-refractivity contribution in [2.24, 2.45) is 0 Å². The van der Waals surface area contributed by atoms with Crippen LogP contribution in [0.5, 0.6) is 0 Å². The molecule has 0 saturated heterocycles. The van der Waals surface area contributed by atoms with Crippen LogP contribution in [0.2, 0.25) is 0 Å². The van der Waals surface area contributed by atoms with E-state index in [1.807, 2.05) is 10.8 Å². The number of anilines is 1. The van der Waals surface area contributed by atoms with Gasteiger partial charge in [0.25, 0.3) is 0 Å². The van der Waals surface area contributed by atoms with E-state index in [9.17, 15) is 0 Å². The molecule has 5 nitrogen and oxygen atoms in total. The van der Waals surface area contributed by atoms with Gasteiger partial charge in [0.1, 0.15) is 6.07 Å². The van der Waals surface area contributed by atoms with E-state index in [1.165, 1.54) is 0 Å². The van der Waals surface area contributed by atoms with Crippen LogP contribution in [-0.2, 0) is 6.54 Å². The molecular formula is C11H13N5S. The summed E-state index contributed by atoms with van der Waals surface area (Å²) >= 11 is 1.61. The van der Waals surface area contributed by atoms with Gasteiger partial charge in [-0.1, -0.05) is 6.92 Å². The Labute approximate surface area is 104 Å². The van der Waals surface area contributed by atoms with Crippen molar-refractivity contribution in [1.29, 1.82) is 5.26 Å². The van der Waals surface area contributed by atoms with Crippen LogP contribution >= 0.6 is 11.3 Å². The van der Waals surface area contributed by atoms with Gasteiger partial charge >= 0.3 is 0 Å². The van der Waals surface area contributed by atoms with Gasteiger partial charge in [0.15, 0.2) is 5.13 Å². The Morgan fingerprint density at radius 3 is 3.18 bits per heavy atom. The highest BCUT2D eigenvalue weighted by Gasteiger charge is 2.05. The molecule has 0 saturated carbocycles. The zero-order chi connectivity index (χ0) is 12.1. The van der Waals surface area contributed by atoms with Gasteiger partial charge < -0.3 is 9.88 Å². The first kappa shape index (κ1) is 11.6. The first-order valence-electron chi connectivity index (χ1n) is 5.43. The van der Waals surface area contributed by atoms with Crippen LogP contribution in [0.4, 0.5) is 5.13 Å². The van der Waals surface area contributed by atoms with E-state index in [-0.39, 0.29) is 0 Å². The van der Waals surface area contributed by atoms with Gasteiger partial charge in [-0.15, -0.1) is 11.3 Å². The maximum absolute atomic E-state index is 8.85. The second-order valence-corrected chi connectivity index (χ2v) is 4.66. The lowest BCUT2D eigenvalue weighted by Crippen LogP contribution is -1.99. The largest absolute Gasteiger partial charge is 0.362 e. The number of nitrogens with one attached hydrogen (secondary N) is 1. The van der Waals surface area contributed by atoms with Crippen molar-refractivity contribution >= 4 is 16.5 Å². The third-order valence-electron chi connectivity index (χ3n) is 2.22. The van der Waals surface area contributed by atoms with Crippen molar-refractivity contribution in [3.8, 4) is 6.07 Å². The Morgan fingerprint density at radius 1 is 1.53 bits per heavy atom. The summed E-state index contributed by atoms with van der Waals surface area (Å²) in [5, 5.41) is 13.0. The van der Waals surface area contributed by atoms with E-state index in [0.29, 0.717) is 12.4 Å². The molecule has 0 unspecified atom stereocenters. The molecular weight excluding hydrogens is 234 g/mol. The van der Waals surface area contributed by atoms with Crippen molar-refractivity contribution in [2.75, 3.05) is 11.9 Å². The SMILES string of the molecule is CCCNc1ncc(Cn2ccnc2C#N)s1. The van der Waals surface area contributed by atoms with E-state index in [4.69, 9.17) is 5.26 Å². The molecule has 0 aliphatic carbocycles. The lowest BCUT2D eigenvalue weighted by Gasteiger charge is -1.99. The molecule has 0 aliphatic heterocycles. The molecule has 0 amide bonds. The average Bonchev–Trinajstić information content (AvgIpc) is 2.96. The summed E-state index contributed by atoms with van der Waals surface area (Å²) in [5.41, 5.74) is 0. The monoisotopic (exact) mass is 247 g/mol. The molecule has 0 aromatic carbocycles. The zero-order valence-corrected chi connectivity index (χ0v) is 10.4. The summed E-state index contributed by atoms with van der Waals surface area (Å²) < 4.78 is 1.82. The summed E-state index contributed by atoms with van der Waals surface area (Å²) in [6, 6.07) is 2.06. The first-order valence-corrected chi connectivity index (χ1v) is 6.25. The summed E-state index contributed by atoms with van der Waals surface area (Å²) in [4.78, 5) is 9.35. The number of nitrogens with zero attached hydrogens (tertiary/aromatic N) is 4. The molecule has 88 valence electrons. The topological polar surface area (TPSA) is 66.5 Å². The standard InChI is InChI=1S/C11H13N5S/c1-2-3-14-11-15-7-9(17-11)8-16-5-4-13-10(16)6-12/h4-5,7H,2-3,8H2,1H3,(H,14,15). The third-order valence-corrected chi connectivity index (χ3v) is 3.16. The molecule has 0 radical (unpaired) electrons. The number of rotatable bonds is 5. The summed E-state index contributed by atoms with van der Waals surface area (Å²) in [6.07, 6.45) is 6.35. The number of thiazole rings is 1. The van der Waals surface area contributed by atoms with Crippen LogP contribution in [0.1, 0.15) is 24.0 Å². The maximum Gasteiger partial charge on any atom is 0.213 e. The second kappa shape index (κ2) is 5.46. The Morgan fingerprint density at radius 2 is 2.41 bits per heavy atom. The highest BCUT2D eigenvalue weighted by Crippen LogP contribution is 2.19. The smallest absolute Gasteiger partial charge is 0.213 e. The number of nitriles is 1. The molecule has 0 aliphatic rings. The van der Waals surface area contributed by atoms with Gasteiger partial charge in [0.2, 0.25) is 5.82 Å². The van der Waals surface area contributed by atoms with Gasteiger partial charge in [-0.2, -0.15) is 5.26 Å². The molecule has 6 heteroatoms. The Bertz CT molecular complexity index is 522. The number of hydrogen-bond donors (Lipinski definition) is 1. The molecule has 2 rings (SSSR count). The van der Waals surface area contributed by atoms with Gasteiger partial charge in [-0.3, -0.25) is 0 Å². The van der Waals surface area contributed by atoms with E-state index in [1.54, 1.807) is 23.7 Å². The van der Waals surface area contributed by atoms with Gasteiger partial charge in [0, 0.05) is 30.0 Å². The predicted molar refractivity (Wildman–Crippen MR) is 66.9 cm³/mol. The second-order valence-electron chi connectivity index (χ2n) is 3.55. The summed E-state index contributed by atoms with van der Waals surface area (Å²) in [5.74, 6) is 0.432. The van der Waals surface area contributed by atoms with Crippen LogP contribution in [-0.4, -0.2) is 21.1 Å². The molecule has 2 heterocycles. The fourth-order valence-electron chi connectivity index (χ4n) is 1.41. The van der Waals surface area contributed by atoms with Gasteiger partial charge in [0.05, 0.1) is 6.54 Å². The fourth-order valence-corrected chi connectivity index (χ4v) is 2.25. The maximum atomic E-state index is 8.85. The van der Waals surface area contributed by atoms with Crippen LogP contribution in [0, 0.1) is 11.3 Å². The van der Waals surface area contributed by atoms with Crippen LogP contribution in [0.15, 0.2) is 18.6 Å². The van der Waals surface area contributed by atoms with E-state index in [2.05, 4.69) is 28.3 Å². The quantitative estimate of drug-likeness (QED) is 0.878. The van der Waals surface area contributed by atoms with E-state index in [0.717, 1.165) is 23.0 Å². The molecule has 0 atom stereocenters. The van der Waals surface area contributed by atoms with Crippen molar-refractivity contribution in [3.05, 3.63) is 29.3 Å². The number of hydrogen-bond acceptors (Lipinski definition) is 5. The Kier molecular flexibility index (Phi) is 3.73. The molecule has 2 aromatic rings. The highest BCUT2D eigenvalue weighted by molar-refractivity contribution is 7.15. The lowest BCUT2D eigenvalue weighted by atomic mass is 10.5. The highest BCUT2D eigenvalue weighted by atomic mass is 32.1. The predicted octanol–water partition coefficient (Wildman–Crippen LogP) is 2.08. The minimum atomic E-state index is 0.432. The molecule has 1 N–H and O–H groups in total. The van der Waals surface area contributed by atoms with Crippen molar-refractivity contribution in [2.45, 2.75) is 19.9 Å². The molecule has 2 aromatic heterocycles. The Balaban J connectivity index is 2.04. The molecule has 0 fully saturated rings.